The van der Waals surface area contributed by atoms with Gasteiger partial charge in [0, 0.05) is 9.79 Å². The number of nitrogens with one attached hydrogen (secondary N) is 2. The zero-order chi connectivity index (χ0) is 49.1. The van der Waals surface area contributed by atoms with Gasteiger partial charge in [0.15, 0.2) is 0 Å². The summed E-state index contributed by atoms with van der Waals surface area (Å²) < 4.78 is 138. The summed E-state index contributed by atoms with van der Waals surface area (Å²) in [6, 6.07) is 19.9. The fraction of sp³-hybridized carbons (Fsp3) is 0.458. The number of methoxy groups -OCH3 is 1. The number of carbonyl (C=O) groups excluding carboxylic acids is 2. The molecule has 8 rings (SSSR count). The van der Waals surface area contributed by atoms with E-state index >= 15 is 0 Å². The summed E-state index contributed by atoms with van der Waals surface area (Å²) in [6.07, 6.45) is -7.64. The lowest BCUT2D eigenvalue weighted by Crippen LogP contribution is -2.67. The molecule has 4 fully saturated rings. The predicted molar refractivity (Wildman–Crippen MR) is 240 cm³/mol. The second-order valence-corrected chi connectivity index (χ2v) is 18.8. The summed E-state index contributed by atoms with van der Waals surface area (Å²) >= 11 is 1.75. The van der Waals surface area contributed by atoms with Crippen molar-refractivity contribution >= 4 is 35.3 Å². The highest BCUT2D eigenvalue weighted by molar-refractivity contribution is 7.99. The van der Waals surface area contributed by atoms with E-state index in [4.69, 9.17) is 14.2 Å². The lowest BCUT2D eigenvalue weighted by Gasteiger charge is -2.53. The maximum absolute atomic E-state index is 13.9. The number of likely N-dealkylation sites (tertiary alicyclic amines) is 2. The Morgan fingerprint density at radius 1 is 0.588 bits per heavy atom. The second-order valence-electron chi connectivity index (χ2n) is 17.1. The van der Waals surface area contributed by atoms with E-state index < -0.39 is 74.6 Å². The maximum Gasteiger partial charge on any atom is 0.417 e. The minimum Gasteiger partial charge on any atom is -0.496 e. The van der Waals surface area contributed by atoms with E-state index in [1.807, 2.05) is 30.3 Å². The van der Waals surface area contributed by atoms with E-state index in [0.29, 0.717) is 36.6 Å². The molecule has 2 unspecified atom stereocenters. The molecule has 0 radical (unpaired) electrons. The normalized spacial score (nSPS) is 19.2. The summed E-state index contributed by atoms with van der Waals surface area (Å²) in [4.78, 5) is 31.5. The van der Waals surface area contributed by atoms with Gasteiger partial charge in [-0.2, -0.15) is 39.5 Å². The molecule has 20 heteroatoms. The third-order valence-corrected chi connectivity index (χ3v) is 14.5. The number of benzene rings is 4. The fourth-order valence-corrected chi connectivity index (χ4v) is 10.8. The van der Waals surface area contributed by atoms with Gasteiger partial charge in [0.1, 0.15) is 5.75 Å². The van der Waals surface area contributed by atoms with Gasteiger partial charge in [-0.25, -0.2) is 0 Å². The average Bonchev–Trinajstić information content (AvgIpc) is 4.03. The minimum atomic E-state index is -5.16. The van der Waals surface area contributed by atoms with Gasteiger partial charge in [-0.1, -0.05) is 60.7 Å². The number of amides is 2. The highest BCUT2D eigenvalue weighted by atomic mass is 32.2. The van der Waals surface area contributed by atoms with Crippen molar-refractivity contribution in [2.45, 2.75) is 77.2 Å². The first-order valence-corrected chi connectivity index (χ1v) is 24.3. The zero-order valence-electron chi connectivity index (χ0n) is 37.4. The van der Waals surface area contributed by atoms with Crippen LogP contribution in [0, 0.1) is 0 Å². The van der Waals surface area contributed by atoms with E-state index in [1.54, 1.807) is 36.6 Å². The van der Waals surface area contributed by atoms with Crippen LogP contribution in [0.4, 0.5) is 39.5 Å². The highest BCUT2D eigenvalue weighted by Crippen LogP contribution is 2.45. The molecular weight excluding hydrogens is 948 g/mol. The molecule has 0 spiro atoms. The van der Waals surface area contributed by atoms with Crippen LogP contribution in [0.15, 0.2) is 94.7 Å². The standard InChI is InChI=1S/C24H24F6N2O2S.C24H27F3N2O3S/c1-35-18-12-16(23(25,26)27)11-17(24(28,29)30)19(18)21(33)31-20(15-7-3-2-4-8-15)22(13-34-14-22)32-9-5-6-10-32;1-31-18-12-17(24(25,26)27)13-19(33-2)20(18)22(30)28-21(16-8-4-3-5-9-16)23(14-32-15-23)29-10-6-7-11-29/h2-4,7-8,11-12,20H,5-6,9-10,13-14H2,1H3,(H,31,33);3-5,8-9,12-13,21H,6-7,10-11,14-15H2,1-2H3,(H,28,30). The zero-order valence-corrected chi connectivity index (χ0v) is 39.0. The van der Waals surface area contributed by atoms with E-state index in [-0.39, 0.29) is 41.5 Å². The number of thioether (sulfide) groups is 2. The van der Waals surface area contributed by atoms with Gasteiger partial charge in [0.05, 0.1) is 84.5 Å². The quantitative estimate of drug-likeness (QED) is 0.100. The molecule has 0 aromatic heterocycles. The van der Waals surface area contributed by atoms with Crippen molar-refractivity contribution in [2.24, 2.45) is 0 Å². The lowest BCUT2D eigenvalue weighted by molar-refractivity contribution is -0.151. The van der Waals surface area contributed by atoms with Gasteiger partial charge >= 0.3 is 18.5 Å². The first kappa shape index (κ1) is 51.4. The summed E-state index contributed by atoms with van der Waals surface area (Å²) in [7, 11) is 1.27. The topological polar surface area (TPSA) is 92.4 Å². The monoisotopic (exact) mass is 998 g/mol. The van der Waals surface area contributed by atoms with Gasteiger partial charge in [-0.15, -0.1) is 23.5 Å². The molecule has 4 aromatic carbocycles. The van der Waals surface area contributed by atoms with Crippen LogP contribution in [0.1, 0.15) is 86.3 Å². The summed E-state index contributed by atoms with van der Waals surface area (Å²) in [6.45, 7) is 4.87. The SMILES string of the molecule is COc1cc(C(F)(F)F)cc(SC)c1C(=O)NC(c1ccccc1)C1(N2CCCC2)COC1.CSc1cc(C(F)(F)F)cc(C(F)(F)F)c1C(=O)NC(c1ccccc1)C1(N2CCCC2)COC1. The Morgan fingerprint density at radius 3 is 1.31 bits per heavy atom. The lowest BCUT2D eigenvalue weighted by atomic mass is 9.81. The number of halogens is 9. The average molecular weight is 999 g/mol. The van der Waals surface area contributed by atoms with Crippen LogP contribution in [-0.2, 0) is 28.0 Å². The molecule has 4 aliphatic heterocycles. The first-order valence-electron chi connectivity index (χ1n) is 21.8. The molecule has 0 saturated carbocycles. The molecule has 9 nitrogen and oxygen atoms in total. The predicted octanol–water partition coefficient (Wildman–Crippen LogP) is 10.6. The van der Waals surface area contributed by atoms with Crippen molar-refractivity contribution in [3.8, 4) is 5.75 Å². The number of hydrogen-bond donors (Lipinski definition) is 2. The van der Waals surface area contributed by atoms with Crippen molar-refractivity contribution in [2.75, 3.05) is 72.2 Å². The third kappa shape index (κ3) is 10.6. The first-order chi connectivity index (χ1) is 32.3. The van der Waals surface area contributed by atoms with Gasteiger partial charge in [-0.3, -0.25) is 19.4 Å². The van der Waals surface area contributed by atoms with Gasteiger partial charge in [0.25, 0.3) is 11.8 Å². The highest BCUT2D eigenvalue weighted by Gasteiger charge is 2.54. The Hall–Kier alpha value is -4.47. The second kappa shape index (κ2) is 20.9. The number of ether oxygens (including phenoxy) is 3. The van der Waals surface area contributed by atoms with Gasteiger partial charge in [0.2, 0.25) is 0 Å². The molecule has 2 amide bonds. The number of rotatable bonds is 13. The van der Waals surface area contributed by atoms with Crippen molar-refractivity contribution in [1.29, 1.82) is 0 Å². The number of hydrogen-bond acceptors (Lipinski definition) is 9. The molecule has 0 aliphatic carbocycles. The van der Waals surface area contributed by atoms with Crippen molar-refractivity contribution in [1.82, 2.24) is 20.4 Å². The molecule has 368 valence electrons. The fourth-order valence-electron chi connectivity index (χ4n) is 9.46. The van der Waals surface area contributed by atoms with Gasteiger partial charge in [-0.05, 0) is 99.8 Å². The molecule has 2 atom stereocenters. The molecule has 4 aliphatic rings. The van der Waals surface area contributed by atoms with Crippen LogP contribution < -0.4 is 15.4 Å². The van der Waals surface area contributed by atoms with Gasteiger partial charge < -0.3 is 24.8 Å². The molecule has 68 heavy (non-hydrogen) atoms. The Bertz CT molecular complexity index is 2360. The van der Waals surface area contributed by atoms with Crippen molar-refractivity contribution in [3.63, 3.8) is 0 Å². The Labute approximate surface area is 396 Å². The number of alkyl halides is 9. The molecule has 4 heterocycles. The van der Waals surface area contributed by atoms with Crippen LogP contribution in [0.5, 0.6) is 5.75 Å². The van der Waals surface area contributed by atoms with E-state index in [1.165, 1.54) is 13.4 Å². The van der Waals surface area contributed by atoms with Crippen molar-refractivity contribution in [3.05, 3.63) is 124 Å². The molecule has 2 N–H and O–H groups in total. The summed E-state index contributed by atoms with van der Waals surface area (Å²) in [5, 5.41) is 5.90. The van der Waals surface area contributed by atoms with Crippen LogP contribution in [0.25, 0.3) is 0 Å². The maximum atomic E-state index is 13.9. The Kier molecular flexibility index (Phi) is 15.8. The molecule has 4 saturated heterocycles. The van der Waals surface area contributed by atoms with Crippen LogP contribution in [0.3, 0.4) is 0 Å². The minimum absolute atomic E-state index is 0.00878. The number of nitrogens with zero attached hydrogens (tertiary/aromatic N) is 2. The molecule has 4 aromatic rings. The molecule has 0 bridgehead atoms. The van der Waals surface area contributed by atoms with Crippen LogP contribution in [-0.4, -0.2) is 105 Å². The molecular formula is C48H51F9N4O5S2. The summed E-state index contributed by atoms with van der Waals surface area (Å²) in [5.41, 5.74) is -4.05. The third-order valence-electron chi connectivity index (χ3n) is 13.0. The largest absolute Gasteiger partial charge is 0.496 e. The van der Waals surface area contributed by atoms with E-state index in [2.05, 4.69) is 20.4 Å². The summed E-state index contributed by atoms with van der Waals surface area (Å²) in [5.74, 6) is -1.64. The van der Waals surface area contributed by atoms with Crippen LogP contribution >= 0.6 is 23.5 Å². The Morgan fingerprint density at radius 2 is 0.971 bits per heavy atom. The van der Waals surface area contributed by atoms with E-state index in [9.17, 15) is 49.1 Å². The number of carbonyl (C=O) groups is 2. The van der Waals surface area contributed by atoms with Crippen LogP contribution in [0.2, 0.25) is 0 Å². The Balaban J connectivity index is 0.000000202. The van der Waals surface area contributed by atoms with E-state index in [0.717, 1.165) is 81.3 Å². The smallest absolute Gasteiger partial charge is 0.417 e. The van der Waals surface area contributed by atoms with Crippen molar-refractivity contribution < 1.29 is 63.3 Å².